The summed E-state index contributed by atoms with van der Waals surface area (Å²) < 4.78 is 0. The van der Waals surface area contributed by atoms with Gasteiger partial charge in [0.2, 0.25) is 0 Å². The maximum Gasteiger partial charge on any atom is 0.120 e. The van der Waals surface area contributed by atoms with E-state index in [1.54, 1.807) is 12.1 Å². The third-order valence-electron chi connectivity index (χ3n) is 5.26. The molecule has 0 spiro atoms. The molecule has 0 saturated carbocycles. The minimum Gasteiger partial charge on any atom is -0.508 e. The lowest BCUT2D eigenvalue weighted by atomic mass is 10.1. The van der Waals surface area contributed by atoms with Gasteiger partial charge in [-0.25, -0.2) is 0 Å². The van der Waals surface area contributed by atoms with Gasteiger partial charge >= 0.3 is 0 Å². The molecule has 0 bridgehead atoms. The number of hydrogen-bond donors (Lipinski definition) is 2. The largest absolute Gasteiger partial charge is 0.508 e. The highest BCUT2D eigenvalue weighted by Crippen LogP contribution is 2.33. The Morgan fingerprint density at radius 2 is 1.29 bits per heavy atom. The summed E-state index contributed by atoms with van der Waals surface area (Å²) in [5.74, 6) is 0.639. The number of aromatic nitrogens is 1. The van der Waals surface area contributed by atoms with Gasteiger partial charge in [-0.3, -0.25) is 14.8 Å². The van der Waals surface area contributed by atoms with Gasteiger partial charge in [0, 0.05) is 43.5 Å². The van der Waals surface area contributed by atoms with Crippen LogP contribution in [-0.4, -0.2) is 38.1 Å². The first-order valence-corrected chi connectivity index (χ1v) is 9.65. The second-order valence-electron chi connectivity index (χ2n) is 7.18. The maximum atomic E-state index is 10.2. The van der Waals surface area contributed by atoms with Crippen molar-refractivity contribution in [3.8, 4) is 11.5 Å². The monoisotopic (exact) mass is 375 g/mol. The second-order valence-corrected chi connectivity index (χ2v) is 7.18. The highest BCUT2D eigenvalue weighted by atomic mass is 16.3. The Balaban J connectivity index is 1.65. The molecule has 4 rings (SSSR count). The van der Waals surface area contributed by atoms with Crippen molar-refractivity contribution < 1.29 is 10.2 Å². The number of para-hydroxylation sites is 2. The van der Waals surface area contributed by atoms with E-state index in [0.717, 1.165) is 36.3 Å². The predicted molar refractivity (Wildman–Crippen MR) is 109 cm³/mol. The van der Waals surface area contributed by atoms with Gasteiger partial charge in [0.15, 0.2) is 0 Å². The molecule has 5 nitrogen and oxygen atoms in total. The first-order chi connectivity index (χ1) is 13.7. The lowest BCUT2D eigenvalue weighted by Crippen LogP contribution is -2.47. The number of nitrogens with zero attached hydrogens (tertiary/aromatic N) is 3. The molecule has 2 N–H and O–H groups in total. The Morgan fingerprint density at radius 3 is 1.79 bits per heavy atom. The quantitative estimate of drug-likeness (QED) is 0.708. The molecule has 0 amide bonds. The zero-order chi connectivity index (χ0) is 19.3. The fraction of sp³-hybridized carbons (Fsp3) is 0.261. The minimum absolute atomic E-state index is 0.0193. The molecule has 144 valence electrons. The standard InChI is InChI=1S/C23H25N3O2/c27-21-11-3-1-8-18(21)16-25-14-7-15-26(17-19-9-2-4-12-22(19)28)23(25)20-10-5-6-13-24-20/h1-6,8-13,23,27-28H,7,14-17H2. The fourth-order valence-electron chi connectivity index (χ4n) is 3.91. The Hall–Kier alpha value is -2.89. The summed E-state index contributed by atoms with van der Waals surface area (Å²) in [4.78, 5) is 9.32. The molecule has 5 heteroatoms. The fourth-order valence-corrected chi connectivity index (χ4v) is 3.91. The topological polar surface area (TPSA) is 59.8 Å². The van der Waals surface area contributed by atoms with Crippen LogP contribution in [0.25, 0.3) is 0 Å². The highest BCUT2D eigenvalue weighted by molar-refractivity contribution is 5.33. The number of aromatic hydroxyl groups is 2. The third kappa shape index (κ3) is 4.01. The number of rotatable bonds is 5. The van der Waals surface area contributed by atoms with Crippen molar-refractivity contribution in [2.24, 2.45) is 0 Å². The summed E-state index contributed by atoms with van der Waals surface area (Å²) in [5.41, 5.74) is 2.80. The van der Waals surface area contributed by atoms with E-state index in [9.17, 15) is 10.2 Å². The number of pyridine rings is 1. The summed E-state index contributed by atoms with van der Waals surface area (Å²) in [7, 11) is 0. The lowest BCUT2D eigenvalue weighted by molar-refractivity contribution is -0.0123. The first kappa shape index (κ1) is 18.5. The van der Waals surface area contributed by atoms with Crippen molar-refractivity contribution in [2.75, 3.05) is 13.1 Å². The number of phenolic OH excluding ortho intramolecular Hbond substituents is 2. The molecule has 0 unspecified atom stereocenters. The second kappa shape index (κ2) is 8.42. The smallest absolute Gasteiger partial charge is 0.120 e. The van der Waals surface area contributed by atoms with E-state index in [1.807, 2.05) is 60.8 Å². The van der Waals surface area contributed by atoms with E-state index in [0.29, 0.717) is 24.6 Å². The SMILES string of the molecule is Oc1ccccc1CN1CCCN(Cc2ccccc2O)C1c1ccccn1. The van der Waals surface area contributed by atoms with Crippen LogP contribution in [0.15, 0.2) is 72.9 Å². The van der Waals surface area contributed by atoms with Crippen LogP contribution in [0, 0.1) is 0 Å². The average Bonchev–Trinajstić information content (AvgIpc) is 2.72. The van der Waals surface area contributed by atoms with Gasteiger partial charge in [0.05, 0.1) is 5.69 Å². The zero-order valence-corrected chi connectivity index (χ0v) is 15.8. The van der Waals surface area contributed by atoms with Gasteiger partial charge in [0.1, 0.15) is 17.7 Å². The molecule has 1 saturated heterocycles. The Bertz CT molecular complexity index is 861. The van der Waals surface area contributed by atoms with Crippen LogP contribution in [-0.2, 0) is 13.1 Å². The highest BCUT2D eigenvalue weighted by Gasteiger charge is 2.32. The molecule has 1 aromatic heterocycles. The number of phenols is 2. The molecule has 3 aromatic rings. The van der Waals surface area contributed by atoms with Crippen LogP contribution in [0.4, 0.5) is 0 Å². The molecule has 2 heterocycles. The Labute approximate surface area is 165 Å². The zero-order valence-electron chi connectivity index (χ0n) is 15.8. The summed E-state index contributed by atoms with van der Waals surface area (Å²) in [5, 5.41) is 20.5. The van der Waals surface area contributed by atoms with Crippen LogP contribution in [0.1, 0.15) is 29.4 Å². The molecule has 1 fully saturated rings. The van der Waals surface area contributed by atoms with Crippen molar-refractivity contribution >= 4 is 0 Å². The Kier molecular flexibility index (Phi) is 5.55. The molecular formula is C23H25N3O2. The molecule has 0 atom stereocenters. The summed E-state index contributed by atoms with van der Waals surface area (Å²) in [6.07, 6.45) is 2.82. The number of benzene rings is 2. The van der Waals surface area contributed by atoms with E-state index in [2.05, 4.69) is 14.8 Å². The van der Waals surface area contributed by atoms with Crippen molar-refractivity contribution in [3.05, 3.63) is 89.7 Å². The number of hydrogen-bond acceptors (Lipinski definition) is 5. The predicted octanol–water partition coefficient (Wildman–Crippen LogP) is 3.90. The lowest BCUT2D eigenvalue weighted by Gasteiger charge is -2.43. The van der Waals surface area contributed by atoms with E-state index in [-0.39, 0.29) is 6.17 Å². The van der Waals surface area contributed by atoms with Crippen LogP contribution < -0.4 is 0 Å². The van der Waals surface area contributed by atoms with Crippen molar-refractivity contribution in [1.29, 1.82) is 0 Å². The van der Waals surface area contributed by atoms with Gasteiger partial charge in [0.25, 0.3) is 0 Å². The molecule has 1 aliphatic rings. The first-order valence-electron chi connectivity index (χ1n) is 9.65. The van der Waals surface area contributed by atoms with E-state index in [4.69, 9.17) is 0 Å². The minimum atomic E-state index is -0.0193. The molecule has 0 aliphatic carbocycles. The van der Waals surface area contributed by atoms with Gasteiger partial charge in [-0.15, -0.1) is 0 Å². The van der Waals surface area contributed by atoms with Crippen molar-refractivity contribution in [2.45, 2.75) is 25.7 Å². The van der Waals surface area contributed by atoms with Crippen LogP contribution in [0.2, 0.25) is 0 Å². The van der Waals surface area contributed by atoms with Gasteiger partial charge in [-0.1, -0.05) is 42.5 Å². The average molecular weight is 375 g/mol. The van der Waals surface area contributed by atoms with Crippen molar-refractivity contribution in [3.63, 3.8) is 0 Å². The van der Waals surface area contributed by atoms with E-state index in [1.165, 1.54) is 0 Å². The molecule has 28 heavy (non-hydrogen) atoms. The summed E-state index contributed by atoms with van der Waals surface area (Å²) >= 11 is 0. The summed E-state index contributed by atoms with van der Waals surface area (Å²) in [6, 6.07) is 21.0. The molecule has 0 radical (unpaired) electrons. The molecular weight excluding hydrogens is 350 g/mol. The van der Waals surface area contributed by atoms with Crippen LogP contribution in [0.5, 0.6) is 11.5 Å². The Morgan fingerprint density at radius 1 is 0.750 bits per heavy atom. The maximum absolute atomic E-state index is 10.2. The normalized spacial score (nSPS) is 16.3. The van der Waals surface area contributed by atoms with Gasteiger partial charge < -0.3 is 10.2 Å². The molecule has 2 aromatic carbocycles. The summed E-state index contributed by atoms with van der Waals surface area (Å²) in [6.45, 7) is 3.13. The van der Waals surface area contributed by atoms with Crippen LogP contribution in [0.3, 0.4) is 0 Å². The van der Waals surface area contributed by atoms with Crippen molar-refractivity contribution in [1.82, 2.24) is 14.8 Å². The molecule has 1 aliphatic heterocycles. The van der Waals surface area contributed by atoms with E-state index < -0.39 is 0 Å². The third-order valence-corrected chi connectivity index (χ3v) is 5.26. The van der Waals surface area contributed by atoms with E-state index >= 15 is 0 Å². The van der Waals surface area contributed by atoms with Crippen LogP contribution >= 0.6 is 0 Å². The van der Waals surface area contributed by atoms with Gasteiger partial charge in [-0.2, -0.15) is 0 Å². The van der Waals surface area contributed by atoms with Gasteiger partial charge in [-0.05, 0) is 30.7 Å².